The van der Waals surface area contributed by atoms with Gasteiger partial charge >= 0.3 is 0 Å². The van der Waals surface area contributed by atoms with Crippen molar-refractivity contribution in [2.45, 2.75) is 0 Å². The fourth-order valence-corrected chi connectivity index (χ4v) is 2.59. The molecule has 0 atom stereocenters. The molecule has 0 aliphatic carbocycles. The minimum Gasteiger partial charge on any atom is -0.484 e. The fourth-order valence-electron chi connectivity index (χ4n) is 2.29. The summed E-state index contributed by atoms with van der Waals surface area (Å²) in [4.78, 5) is 12.0. The number of hydrogen-bond donors (Lipinski definition) is 1. The van der Waals surface area contributed by atoms with E-state index in [2.05, 4.69) is 5.32 Å². The molecule has 0 saturated carbocycles. The maximum absolute atomic E-state index is 12.0. The molecule has 3 nitrogen and oxygen atoms in total. The number of benzene rings is 3. The van der Waals surface area contributed by atoms with E-state index in [9.17, 15) is 4.79 Å². The molecule has 3 rings (SSSR count). The van der Waals surface area contributed by atoms with Crippen LogP contribution in [0.25, 0.3) is 11.1 Å². The molecule has 126 valence electrons. The van der Waals surface area contributed by atoms with Gasteiger partial charge < -0.3 is 10.1 Å². The Bertz CT molecular complexity index is 865. The fraction of sp³-hybridized carbons (Fsp3) is 0.0500. The molecule has 0 bridgehead atoms. The standard InChI is InChI=1S/C20H15Cl2NO2/c21-18-11-8-16(12-19(18)22)23-20(24)13-25-17-9-6-15(7-10-17)14-4-2-1-3-5-14/h1-12H,13H2,(H,23,24). The third kappa shape index (κ3) is 4.75. The van der Waals surface area contributed by atoms with Gasteiger partial charge in [-0.05, 0) is 41.5 Å². The van der Waals surface area contributed by atoms with E-state index in [-0.39, 0.29) is 12.5 Å². The van der Waals surface area contributed by atoms with Gasteiger partial charge in [0, 0.05) is 5.69 Å². The molecule has 0 unspecified atom stereocenters. The zero-order valence-electron chi connectivity index (χ0n) is 13.2. The number of carbonyl (C=O) groups is 1. The average molecular weight is 372 g/mol. The predicted molar refractivity (Wildman–Crippen MR) is 102 cm³/mol. The summed E-state index contributed by atoms with van der Waals surface area (Å²) >= 11 is 11.8. The third-order valence-electron chi connectivity index (χ3n) is 3.53. The van der Waals surface area contributed by atoms with E-state index in [0.717, 1.165) is 11.1 Å². The number of nitrogens with one attached hydrogen (secondary N) is 1. The molecule has 3 aromatic carbocycles. The van der Waals surface area contributed by atoms with Crippen LogP contribution >= 0.6 is 23.2 Å². The Hall–Kier alpha value is -2.49. The maximum Gasteiger partial charge on any atom is 0.262 e. The highest BCUT2D eigenvalue weighted by molar-refractivity contribution is 6.42. The van der Waals surface area contributed by atoms with E-state index in [1.807, 2.05) is 54.6 Å². The molecule has 25 heavy (non-hydrogen) atoms. The van der Waals surface area contributed by atoms with Crippen LogP contribution in [-0.4, -0.2) is 12.5 Å². The van der Waals surface area contributed by atoms with Crippen molar-refractivity contribution >= 4 is 34.8 Å². The van der Waals surface area contributed by atoms with Crippen LogP contribution in [0.5, 0.6) is 5.75 Å². The van der Waals surface area contributed by atoms with Crippen LogP contribution in [0.4, 0.5) is 5.69 Å². The Morgan fingerprint density at radius 1 is 0.840 bits per heavy atom. The van der Waals surface area contributed by atoms with Crippen molar-refractivity contribution < 1.29 is 9.53 Å². The first-order chi connectivity index (χ1) is 12.1. The molecular formula is C20H15Cl2NO2. The molecule has 5 heteroatoms. The molecule has 0 saturated heterocycles. The molecular weight excluding hydrogens is 357 g/mol. The molecule has 0 fully saturated rings. The average Bonchev–Trinajstić information content (AvgIpc) is 2.64. The quantitative estimate of drug-likeness (QED) is 0.626. The van der Waals surface area contributed by atoms with Crippen LogP contribution in [-0.2, 0) is 4.79 Å². The van der Waals surface area contributed by atoms with Crippen LogP contribution in [0.15, 0.2) is 72.8 Å². The second-order valence-electron chi connectivity index (χ2n) is 5.36. The zero-order valence-corrected chi connectivity index (χ0v) is 14.7. The highest BCUT2D eigenvalue weighted by Gasteiger charge is 2.06. The third-order valence-corrected chi connectivity index (χ3v) is 4.27. The predicted octanol–water partition coefficient (Wildman–Crippen LogP) is 5.68. The summed E-state index contributed by atoms with van der Waals surface area (Å²) in [6.45, 7) is -0.0923. The minimum absolute atomic E-state index is 0.0923. The molecule has 0 radical (unpaired) electrons. The van der Waals surface area contributed by atoms with Crippen molar-refractivity contribution in [3.63, 3.8) is 0 Å². The Labute approximate surface area is 156 Å². The first-order valence-electron chi connectivity index (χ1n) is 7.65. The monoisotopic (exact) mass is 371 g/mol. The molecule has 0 heterocycles. The Kier molecular flexibility index (Phi) is 5.59. The summed E-state index contributed by atoms with van der Waals surface area (Å²) in [5.41, 5.74) is 2.79. The van der Waals surface area contributed by atoms with Crippen LogP contribution in [0, 0.1) is 0 Å². The summed E-state index contributed by atoms with van der Waals surface area (Å²) in [5, 5.41) is 3.54. The lowest BCUT2D eigenvalue weighted by molar-refractivity contribution is -0.118. The van der Waals surface area contributed by atoms with E-state index in [1.165, 1.54) is 0 Å². The zero-order chi connectivity index (χ0) is 17.6. The second-order valence-corrected chi connectivity index (χ2v) is 6.17. The molecule has 0 aliphatic heterocycles. The largest absolute Gasteiger partial charge is 0.484 e. The van der Waals surface area contributed by atoms with Gasteiger partial charge in [-0.2, -0.15) is 0 Å². The van der Waals surface area contributed by atoms with Crippen molar-refractivity contribution in [3.05, 3.63) is 82.8 Å². The first kappa shape index (κ1) is 17.3. The molecule has 0 aliphatic rings. The number of carbonyl (C=O) groups excluding carboxylic acids is 1. The van der Waals surface area contributed by atoms with Crippen molar-refractivity contribution in [2.75, 3.05) is 11.9 Å². The lowest BCUT2D eigenvalue weighted by Gasteiger charge is -2.09. The molecule has 0 aromatic heterocycles. The van der Waals surface area contributed by atoms with Gasteiger partial charge in [0.15, 0.2) is 6.61 Å². The van der Waals surface area contributed by atoms with E-state index in [4.69, 9.17) is 27.9 Å². The van der Waals surface area contributed by atoms with Gasteiger partial charge in [0.2, 0.25) is 0 Å². The lowest BCUT2D eigenvalue weighted by atomic mass is 10.1. The Morgan fingerprint density at radius 2 is 1.52 bits per heavy atom. The molecule has 1 amide bonds. The highest BCUT2D eigenvalue weighted by Crippen LogP contribution is 2.25. The highest BCUT2D eigenvalue weighted by atomic mass is 35.5. The number of rotatable bonds is 5. The van der Waals surface area contributed by atoms with E-state index in [0.29, 0.717) is 21.5 Å². The van der Waals surface area contributed by atoms with Gasteiger partial charge in [-0.1, -0.05) is 65.7 Å². The number of ether oxygens (including phenoxy) is 1. The summed E-state index contributed by atoms with van der Waals surface area (Å²) < 4.78 is 5.51. The van der Waals surface area contributed by atoms with Crippen LogP contribution in [0.1, 0.15) is 0 Å². The van der Waals surface area contributed by atoms with Crippen LogP contribution in [0.2, 0.25) is 10.0 Å². The summed E-state index contributed by atoms with van der Waals surface area (Å²) in [6, 6.07) is 22.6. The van der Waals surface area contributed by atoms with Crippen LogP contribution < -0.4 is 10.1 Å². The lowest BCUT2D eigenvalue weighted by Crippen LogP contribution is -2.20. The number of hydrogen-bond acceptors (Lipinski definition) is 2. The topological polar surface area (TPSA) is 38.3 Å². The van der Waals surface area contributed by atoms with Gasteiger partial charge in [0.05, 0.1) is 10.0 Å². The Balaban J connectivity index is 1.56. The normalized spacial score (nSPS) is 10.3. The summed E-state index contributed by atoms with van der Waals surface area (Å²) in [7, 11) is 0. The first-order valence-corrected chi connectivity index (χ1v) is 8.40. The van der Waals surface area contributed by atoms with E-state index < -0.39 is 0 Å². The number of anilines is 1. The van der Waals surface area contributed by atoms with Crippen molar-refractivity contribution in [3.8, 4) is 16.9 Å². The van der Waals surface area contributed by atoms with Gasteiger partial charge in [0.25, 0.3) is 5.91 Å². The second kappa shape index (κ2) is 8.06. The minimum atomic E-state index is -0.273. The SMILES string of the molecule is O=C(COc1ccc(-c2ccccc2)cc1)Nc1ccc(Cl)c(Cl)c1. The van der Waals surface area contributed by atoms with Crippen LogP contribution in [0.3, 0.4) is 0 Å². The number of halogens is 2. The molecule has 3 aromatic rings. The Morgan fingerprint density at radius 3 is 2.20 bits per heavy atom. The molecule has 0 spiro atoms. The summed E-state index contributed by atoms with van der Waals surface area (Å²) in [6.07, 6.45) is 0. The van der Waals surface area contributed by atoms with Gasteiger partial charge in [-0.3, -0.25) is 4.79 Å². The van der Waals surface area contributed by atoms with Gasteiger partial charge in [-0.25, -0.2) is 0 Å². The van der Waals surface area contributed by atoms with Crippen molar-refractivity contribution in [1.29, 1.82) is 0 Å². The summed E-state index contributed by atoms with van der Waals surface area (Å²) in [5.74, 6) is 0.356. The smallest absolute Gasteiger partial charge is 0.262 e. The van der Waals surface area contributed by atoms with Crippen molar-refractivity contribution in [2.24, 2.45) is 0 Å². The van der Waals surface area contributed by atoms with Crippen molar-refractivity contribution in [1.82, 2.24) is 0 Å². The maximum atomic E-state index is 12.0. The number of amides is 1. The van der Waals surface area contributed by atoms with Gasteiger partial charge in [-0.15, -0.1) is 0 Å². The molecule has 1 N–H and O–H groups in total. The van der Waals surface area contributed by atoms with E-state index >= 15 is 0 Å². The van der Waals surface area contributed by atoms with Gasteiger partial charge in [0.1, 0.15) is 5.75 Å². The van der Waals surface area contributed by atoms with E-state index in [1.54, 1.807) is 18.2 Å².